The molecule has 1 aliphatic heterocycles. The monoisotopic (exact) mass is 307 g/mol. The maximum Gasteiger partial charge on any atom is 0.306 e. The number of aliphatic carboxylic acids is 1. The number of carbonyl (C=O) groups is 2. The summed E-state index contributed by atoms with van der Waals surface area (Å²) < 4.78 is 0. The molecule has 0 aromatic heterocycles. The van der Waals surface area contributed by atoms with Crippen molar-refractivity contribution in [1.82, 2.24) is 0 Å². The SMILES string of the molecule is O=C(O)[C@H]1CCC[C@]2(CCN(c3cccc(Cl)c3)C2=O)C1. The molecule has 2 aliphatic rings. The second-order valence-corrected chi connectivity index (χ2v) is 6.53. The van der Waals surface area contributed by atoms with Gasteiger partial charge in [0.25, 0.3) is 0 Å². The minimum Gasteiger partial charge on any atom is -0.481 e. The standard InChI is InChI=1S/C16H18ClNO3/c17-12-4-1-5-13(9-12)18-8-7-16(15(18)21)6-2-3-11(10-16)14(19)20/h1,4-5,9,11H,2-3,6-8,10H2,(H,19,20)/t11-,16-/m0/s1. The van der Waals surface area contributed by atoms with Gasteiger partial charge in [-0.15, -0.1) is 0 Å². The van der Waals surface area contributed by atoms with Gasteiger partial charge in [-0.1, -0.05) is 24.1 Å². The van der Waals surface area contributed by atoms with E-state index < -0.39 is 11.4 Å². The van der Waals surface area contributed by atoms with Crippen molar-refractivity contribution < 1.29 is 14.7 Å². The van der Waals surface area contributed by atoms with Gasteiger partial charge in [0.05, 0.1) is 11.3 Å². The molecule has 1 aromatic rings. The van der Waals surface area contributed by atoms with E-state index in [1.807, 2.05) is 12.1 Å². The lowest BCUT2D eigenvalue weighted by Crippen LogP contribution is -2.39. The van der Waals surface area contributed by atoms with E-state index in [4.69, 9.17) is 11.6 Å². The van der Waals surface area contributed by atoms with Crippen molar-refractivity contribution in [2.24, 2.45) is 11.3 Å². The van der Waals surface area contributed by atoms with Crippen LogP contribution in [0.5, 0.6) is 0 Å². The van der Waals surface area contributed by atoms with E-state index in [0.29, 0.717) is 24.4 Å². The van der Waals surface area contributed by atoms with Crippen molar-refractivity contribution in [2.75, 3.05) is 11.4 Å². The Morgan fingerprint density at radius 1 is 1.38 bits per heavy atom. The van der Waals surface area contributed by atoms with E-state index in [1.54, 1.807) is 17.0 Å². The highest BCUT2D eigenvalue weighted by Crippen LogP contribution is 2.48. The highest BCUT2D eigenvalue weighted by molar-refractivity contribution is 6.31. The fourth-order valence-electron chi connectivity index (χ4n) is 3.71. The number of carboxylic acids is 1. The first-order valence-corrected chi connectivity index (χ1v) is 7.70. The first kappa shape index (κ1) is 14.4. The second kappa shape index (κ2) is 5.34. The summed E-state index contributed by atoms with van der Waals surface area (Å²) in [6.45, 7) is 0.644. The fourth-order valence-corrected chi connectivity index (χ4v) is 3.89. The summed E-state index contributed by atoms with van der Waals surface area (Å²) in [4.78, 5) is 25.9. The number of hydrogen-bond acceptors (Lipinski definition) is 2. The van der Waals surface area contributed by atoms with Crippen LogP contribution in [0.25, 0.3) is 0 Å². The molecule has 2 atom stereocenters. The summed E-state index contributed by atoms with van der Waals surface area (Å²) >= 11 is 6.00. The number of rotatable bonds is 2. The van der Waals surface area contributed by atoms with Crippen molar-refractivity contribution in [3.8, 4) is 0 Å². The minimum atomic E-state index is -0.775. The van der Waals surface area contributed by atoms with Crippen LogP contribution < -0.4 is 4.90 Å². The molecule has 112 valence electrons. The molecular formula is C16H18ClNO3. The van der Waals surface area contributed by atoms with Crippen LogP contribution in [0.3, 0.4) is 0 Å². The van der Waals surface area contributed by atoms with Crippen LogP contribution >= 0.6 is 11.6 Å². The Hall–Kier alpha value is -1.55. The van der Waals surface area contributed by atoms with E-state index in [2.05, 4.69) is 0 Å². The quantitative estimate of drug-likeness (QED) is 0.911. The van der Waals surface area contributed by atoms with Gasteiger partial charge in [0.2, 0.25) is 5.91 Å². The zero-order valence-corrected chi connectivity index (χ0v) is 12.5. The number of nitrogens with zero attached hydrogens (tertiary/aromatic N) is 1. The van der Waals surface area contributed by atoms with Gasteiger partial charge in [0, 0.05) is 17.3 Å². The van der Waals surface area contributed by atoms with E-state index >= 15 is 0 Å². The van der Waals surface area contributed by atoms with E-state index in [-0.39, 0.29) is 11.8 Å². The predicted molar refractivity (Wildman–Crippen MR) is 80.4 cm³/mol. The Labute approximate surface area is 128 Å². The van der Waals surface area contributed by atoms with Crippen molar-refractivity contribution in [1.29, 1.82) is 0 Å². The van der Waals surface area contributed by atoms with Crippen LogP contribution in [0.4, 0.5) is 5.69 Å². The first-order valence-electron chi connectivity index (χ1n) is 7.32. The summed E-state index contributed by atoms with van der Waals surface area (Å²) in [6.07, 6.45) is 3.50. The molecule has 1 spiro atoms. The third-order valence-electron chi connectivity index (χ3n) is 4.83. The van der Waals surface area contributed by atoms with Gasteiger partial charge in [-0.2, -0.15) is 0 Å². The van der Waals surface area contributed by atoms with Crippen LogP contribution in [0.15, 0.2) is 24.3 Å². The van der Waals surface area contributed by atoms with Crippen LogP contribution in [0.2, 0.25) is 5.02 Å². The Morgan fingerprint density at radius 3 is 2.90 bits per heavy atom. The van der Waals surface area contributed by atoms with Crippen molar-refractivity contribution >= 4 is 29.2 Å². The van der Waals surface area contributed by atoms with Crippen molar-refractivity contribution in [2.45, 2.75) is 32.1 Å². The zero-order chi connectivity index (χ0) is 15.0. The molecule has 3 rings (SSSR count). The molecular weight excluding hydrogens is 290 g/mol. The number of anilines is 1. The van der Waals surface area contributed by atoms with Gasteiger partial charge in [0.15, 0.2) is 0 Å². The molecule has 0 bridgehead atoms. The molecule has 1 aromatic carbocycles. The van der Waals surface area contributed by atoms with E-state index in [0.717, 1.165) is 24.9 Å². The van der Waals surface area contributed by atoms with Crippen molar-refractivity contribution in [3.05, 3.63) is 29.3 Å². The van der Waals surface area contributed by atoms with Crippen LogP contribution in [-0.2, 0) is 9.59 Å². The van der Waals surface area contributed by atoms with Crippen molar-refractivity contribution in [3.63, 3.8) is 0 Å². The third-order valence-corrected chi connectivity index (χ3v) is 5.06. The molecule has 1 aliphatic carbocycles. The first-order chi connectivity index (χ1) is 10.0. The lowest BCUT2D eigenvalue weighted by Gasteiger charge is -2.34. The van der Waals surface area contributed by atoms with E-state index in [9.17, 15) is 14.7 Å². The fraction of sp³-hybridized carbons (Fsp3) is 0.500. The van der Waals surface area contributed by atoms with Crippen LogP contribution in [-0.4, -0.2) is 23.5 Å². The maximum atomic E-state index is 12.9. The van der Waals surface area contributed by atoms with Gasteiger partial charge < -0.3 is 10.0 Å². The zero-order valence-electron chi connectivity index (χ0n) is 11.7. The minimum absolute atomic E-state index is 0.0655. The number of hydrogen-bond donors (Lipinski definition) is 1. The molecule has 1 saturated carbocycles. The van der Waals surface area contributed by atoms with Gasteiger partial charge in [-0.3, -0.25) is 9.59 Å². The average molecular weight is 308 g/mol. The molecule has 1 amide bonds. The average Bonchev–Trinajstić information content (AvgIpc) is 2.76. The van der Waals surface area contributed by atoms with Gasteiger partial charge in [0.1, 0.15) is 0 Å². The molecule has 0 unspecified atom stereocenters. The number of carboxylic acid groups (broad SMARTS) is 1. The largest absolute Gasteiger partial charge is 0.481 e. The summed E-state index contributed by atoms with van der Waals surface area (Å²) in [5, 5.41) is 9.85. The van der Waals surface area contributed by atoms with Crippen LogP contribution in [0.1, 0.15) is 32.1 Å². The normalized spacial score (nSPS) is 29.1. The van der Waals surface area contributed by atoms with Gasteiger partial charge in [-0.05, 0) is 43.9 Å². The maximum absolute atomic E-state index is 12.9. The topological polar surface area (TPSA) is 57.6 Å². The highest BCUT2D eigenvalue weighted by atomic mass is 35.5. The summed E-state index contributed by atoms with van der Waals surface area (Å²) in [5.74, 6) is -1.10. The summed E-state index contributed by atoms with van der Waals surface area (Å²) in [5.41, 5.74) is 0.325. The number of benzene rings is 1. The van der Waals surface area contributed by atoms with Gasteiger partial charge >= 0.3 is 5.97 Å². The Kier molecular flexibility index (Phi) is 3.66. The third kappa shape index (κ3) is 2.53. The number of halogens is 1. The lowest BCUT2D eigenvalue weighted by atomic mass is 9.68. The lowest BCUT2D eigenvalue weighted by molar-refractivity contribution is -0.145. The summed E-state index contributed by atoms with van der Waals surface area (Å²) in [7, 11) is 0. The number of amides is 1. The molecule has 21 heavy (non-hydrogen) atoms. The molecule has 0 radical (unpaired) electrons. The second-order valence-electron chi connectivity index (χ2n) is 6.10. The van der Waals surface area contributed by atoms with Gasteiger partial charge in [-0.25, -0.2) is 0 Å². The Morgan fingerprint density at radius 2 is 2.19 bits per heavy atom. The Balaban J connectivity index is 1.84. The smallest absolute Gasteiger partial charge is 0.306 e. The molecule has 5 heteroatoms. The number of carbonyl (C=O) groups excluding carboxylic acids is 1. The predicted octanol–water partition coefficient (Wildman–Crippen LogP) is 3.34. The molecule has 1 N–H and O–H groups in total. The molecule has 2 fully saturated rings. The highest BCUT2D eigenvalue weighted by Gasteiger charge is 2.50. The molecule has 4 nitrogen and oxygen atoms in total. The Bertz CT molecular complexity index is 589. The van der Waals surface area contributed by atoms with E-state index in [1.165, 1.54) is 0 Å². The summed E-state index contributed by atoms with van der Waals surface area (Å²) in [6, 6.07) is 7.27. The van der Waals surface area contributed by atoms with Crippen LogP contribution in [0, 0.1) is 11.3 Å². The molecule has 1 saturated heterocycles. The molecule has 1 heterocycles.